The first-order valence-electron chi connectivity index (χ1n) is 6.97. The van der Waals surface area contributed by atoms with Crippen molar-refractivity contribution >= 4 is 11.6 Å². The van der Waals surface area contributed by atoms with Gasteiger partial charge in [0.15, 0.2) is 0 Å². The fraction of sp³-hybridized carbons (Fsp3) is 0.846. The van der Waals surface area contributed by atoms with Gasteiger partial charge in [-0.05, 0) is 45.1 Å². The predicted octanol–water partition coefficient (Wildman–Crippen LogP) is 0.863. The maximum Gasteiger partial charge on any atom is 0.251 e. The highest BCUT2D eigenvalue weighted by Crippen LogP contribution is 2.31. The van der Waals surface area contributed by atoms with Gasteiger partial charge < -0.3 is 10.8 Å². The van der Waals surface area contributed by atoms with E-state index in [0.717, 1.165) is 44.2 Å². The number of hydrogen-bond donors (Lipinski definition) is 2. The van der Waals surface area contributed by atoms with E-state index in [2.05, 4.69) is 5.10 Å². The summed E-state index contributed by atoms with van der Waals surface area (Å²) in [6, 6.07) is -0.109. The predicted molar refractivity (Wildman–Crippen MR) is 70.0 cm³/mol. The Bertz CT molecular complexity index is 343. The highest BCUT2D eigenvalue weighted by molar-refractivity contribution is 6.07. The van der Waals surface area contributed by atoms with Gasteiger partial charge in [0.1, 0.15) is 0 Å². The molecule has 18 heavy (non-hydrogen) atoms. The Morgan fingerprint density at radius 2 is 2.28 bits per heavy atom. The number of carbonyl (C=O) groups is 1. The van der Waals surface area contributed by atoms with Crippen LogP contribution in [0.2, 0.25) is 0 Å². The molecular weight excluding hydrogens is 230 g/mol. The van der Waals surface area contributed by atoms with E-state index in [1.807, 2.05) is 6.92 Å². The van der Waals surface area contributed by atoms with Gasteiger partial charge in [-0.25, -0.2) is 5.01 Å². The molecule has 1 aliphatic heterocycles. The van der Waals surface area contributed by atoms with Gasteiger partial charge in [-0.2, -0.15) is 5.10 Å². The van der Waals surface area contributed by atoms with Crippen molar-refractivity contribution in [2.24, 2.45) is 16.8 Å². The molecule has 0 bridgehead atoms. The largest absolute Gasteiger partial charge is 0.391 e. The van der Waals surface area contributed by atoms with Crippen LogP contribution in [-0.4, -0.2) is 40.4 Å². The minimum absolute atomic E-state index is 0.0613. The zero-order valence-corrected chi connectivity index (χ0v) is 11.0. The Labute approximate surface area is 108 Å². The van der Waals surface area contributed by atoms with Crippen LogP contribution < -0.4 is 5.73 Å². The lowest BCUT2D eigenvalue weighted by atomic mass is 9.95. The summed E-state index contributed by atoms with van der Waals surface area (Å²) in [6.07, 6.45) is 4.61. The summed E-state index contributed by atoms with van der Waals surface area (Å²) in [5, 5.41) is 15.9. The Morgan fingerprint density at radius 3 is 2.83 bits per heavy atom. The van der Waals surface area contributed by atoms with E-state index in [9.17, 15) is 9.90 Å². The summed E-state index contributed by atoms with van der Waals surface area (Å²) in [5.74, 6) is -0.0439. The number of hydrogen-bond acceptors (Lipinski definition) is 4. The molecule has 5 heteroatoms. The number of nitrogens with two attached hydrogens (primary N) is 1. The number of rotatable bonds is 5. The van der Waals surface area contributed by atoms with Crippen molar-refractivity contribution in [1.29, 1.82) is 0 Å². The van der Waals surface area contributed by atoms with Crippen LogP contribution in [0.5, 0.6) is 0 Å². The highest BCUT2D eigenvalue weighted by atomic mass is 16.3. The average Bonchev–Trinajstić information content (AvgIpc) is 2.91. The van der Waals surface area contributed by atoms with Gasteiger partial charge in [-0.15, -0.1) is 0 Å². The normalized spacial score (nSPS) is 32.2. The van der Waals surface area contributed by atoms with Gasteiger partial charge in [0.25, 0.3) is 5.91 Å². The molecule has 5 nitrogen and oxygen atoms in total. The lowest BCUT2D eigenvalue weighted by Crippen LogP contribution is -2.40. The van der Waals surface area contributed by atoms with Crippen molar-refractivity contribution in [3.05, 3.63) is 0 Å². The Balaban J connectivity index is 2.09. The van der Waals surface area contributed by atoms with Gasteiger partial charge in [-0.1, -0.05) is 6.92 Å². The maximum absolute atomic E-state index is 12.4. The molecule has 0 saturated heterocycles. The molecule has 0 radical (unpaired) electrons. The quantitative estimate of drug-likeness (QED) is 0.763. The molecule has 1 aliphatic carbocycles. The van der Waals surface area contributed by atoms with Gasteiger partial charge >= 0.3 is 0 Å². The van der Waals surface area contributed by atoms with Crippen LogP contribution in [0.3, 0.4) is 0 Å². The van der Waals surface area contributed by atoms with Crippen molar-refractivity contribution in [1.82, 2.24) is 5.01 Å². The van der Waals surface area contributed by atoms with E-state index in [1.54, 1.807) is 5.01 Å². The molecule has 1 fully saturated rings. The molecule has 102 valence electrons. The summed E-state index contributed by atoms with van der Waals surface area (Å²) in [7, 11) is 0. The van der Waals surface area contributed by atoms with Crippen LogP contribution in [0, 0.1) is 5.92 Å². The molecule has 0 aromatic heterocycles. The molecule has 0 aromatic carbocycles. The molecule has 1 heterocycles. The third-order valence-electron chi connectivity index (χ3n) is 3.98. The number of aliphatic hydroxyl groups excluding tert-OH is 1. The molecule has 3 atom stereocenters. The Kier molecular flexibility index (Phi) is 4.35. The second kappa shape index (κ2) is 5.80. The van der Waals surface area contributed by atoms with E-state index < -0.39 is 6.10 Å². The molecule has 1 amide bonds. The lowest BCUT2D eigenvalue weighted by Gasteiger charge is -2.24. The summed E-state index contributed by atoms with van der Waals surface area (Å²) in [6.45, 7) is 2.63. The van der Waals surface area contributed by atoms with Crippen LogP contribution in [0.25, 0.3) is 0 Å². The van der Waals surface area contributed by atoms with Gasteiger partial charge in [0.2, 0.25) is 0 Å². The molecule has 2 aliphatic rings. The Morgan fingerprint density at radius 1 is 1.50 bits per heavy atom. The van der Waals surface area contributed by atoms with E-state index >= 15 is 0 Å². The zero-order valence-electron chi connectivity index (χ0n) is 11.0. The van der Waals surface area contributed by atoms with Crippen molar-refractivity contribution < 1.29 is 9.90 Å². The summed E-state index contributed by atoms with van der Waals surface area (Å²) < 4.78 is 0. The van der Waals surface area contributed by atoms with Crippen molar-refractivity contribution in [3.63, 3.8) is 0 Å². The molecule has 0 spiro atoms. The van der Waals surface area contributed by atoms with Gasteiger partial charge in [0.05, 0.1) is 23.8 Å². The van der Waals surface area contributed by atoms with Gasteiger partial charge in [0, 0.05) is 0 Å². The number of aliphatic hydroxyl groups is 1. The van der Waals surface area contributed by atoms with E-state index in [1.165, 1.54) is 0 Å². The second-order valence-corrected chi connectivity index (χ2v) is 5.18. The minimum atomic E-state index is -0.413. The zero-order chi connectivity index (χ0) is 13.1. The number of hydrazone groups is 1. The van der Waals surface area contributed by atoms with Crippen molar-refractivity contribution in [2.45, 2.75) is 57.6 Å². The molecular formula is C13H23N3O2. The van der Waals surface area contributed by atoms with Crippen LogP contribution in [-0.2, 0) is 4.79 Å². The molecule has 0 aromatic rings. The average molecular weight is 253 g/mol. The first-order valence-corrected chi connectivity index (χ1v) is 6.97. The second-order valence-electron chi connectivity index (χ2n) is 5.18. The van der Waals surface area contributed by atoms with E-state index in [-0.39, 0.29) is 17.9 Å². The van der Waals surface area contributed by atoms with Gasteiger partial charge in [-0.3, -0.25) is 4.79 Å². The number of carbonyl (C=O) groups excluding carboxylic acids is 1. The van der Waals surface area contributed by atoms with E-state index in [4.69, 9.17) is 5.73 Å². The van der Waals surface area contributed by atoms with Crippen molar-refractivity contribution in [2.75, 3.05) is 6.54 Å². The SMILES string of the molecule is CCC1=NN(C2CCCC2O)C(=O)C1CCCN. The van der Waals surface area contributed by atoms with E-state index in [0.29, 0.717) is 6.54 Å². The standard InChI is InChI=1S/C13H23N3O2/c1-2-10-9(5-4-8-14)13(18)16(15-10)11-6-3-7-12(11)17/h9,11-12,17H,2-8,14H2,1H3. The summed E-state index contributed by atoms with van der Waals surface area (Å²) >= 11 is 0. The first kappa shape index (κ1) is 13.5. The number of amides is 1. The molecule has 1 saturated carbocycles. The minimum Gasteiger partial charge on any atom is -0.391 e. The molecule has 3 unspecified atom stereocenters. The van der Waals surface area contributed by atoms with Crippen molar-refractivity contribution in [3.8, 4) is 0 Å². The van der Waals surface area contributed by atoms with Crippen LogP contribution >= 0.6 is 0 Å². The molecule has 2 rings (SSSR count). The smallest absolute Gasteiger partial charge is 0.251 e. The fourth-order valence-corrected chi connectivity index (χ4v) is 2.93. The third kappa shape index (κ3) is 2.42. The topological polar surface area (TPSA) is 78.9 Å². The first-order chi connectivity index (χ1) is 8.69. The van der Waals surface area contributed by atoms with Crippen LogP contribution in [0.1, 0.15) is 45.4 Å². The molecule has 3 N–H and O–H groups in total. The summed E-state index contributed by atoms with van der Waals surface area (Å²) in [4.78, 5) is 12.4. The Hall–Kier alpha value is -0.940. The van der Waals surface area contributed by atoms with Crippen LogP contribution in [0.15, 0.2) is 5.10 Å². The third-order valence-corrected chi connectivity index (χ3v) is 3.98. The summed E-state index contributed by atoms with van der Waals surface area (Å²) in [5.41, 5.74) is 6.46. The fourth-order valence-electron chi connectivity index (χ4n) is 2.93. The van der Waals surface area contributed by atoms with Crippen LogP contribution in [0.4, 0.5) is 0 Å². The maximum atomic E-state index is 12.4. The number of nitrogens with zero attached hydrogens (tertiary/aromatic N) is 2. The monoisotopic (exact) mass is 253 g/mol. The lowest BCUT2D eigenvalue weighted by molar-refractivity contribution is -0.135. The highest BCUT2D eigenvalue weighted by Gasteiger charge is 2.41.